The summed E-state index contributed by atoms with van der Waals surface area (Å²) in [7, 11) is 1.52. The monoisotopic (exact) mass is 727 g/mol. The van der Waals surface area contributed by atoms with Gasteiger partial charge in [-0.3, -0.25) is 4.90 Å². The maximum Gasteiger partial charge on any atom is 0.412 e. The molecule has 0 aromatic heterocycles. The summed E-state index contributed by atoms with van der Waals surface area (Å²) in [5.74, 6) is -0.992. The van der Waals surface area contributed by atoms with Gasteiger partial charge in [-0.1, -0.05) is 57.8 Å². The van der Waals surface area contributed by atoms with Crippen LogP contribution in [0.25, 0.3) is 0 Å². The van der Waals surface area contributed by atoms with Crippen molar-refractivity contribution in [2.45, 2.75) is 104 Å². The fourth-order valence-corrected chi connectivity index (χ4v) is 8.09. The number of allylic oxidation sites excluding steroid dienone is 1. The predicted molar refractivity (Wildman–Crippen MR) is 199 cm³/mol. The fourth-order valence-electron chi connectivity index (χ4n) is 8.09. The molecule has 1 aromatic carbocycles. The van der Waals surface area contributed by atoms with E-state index in [0.29, 0.717) is 49.6 Å². The van der Waals surface area contributed by atoms with E-state index in [2.05, 4.69) is 23.1 Å². The quantitative estimate of drug-likeness (QED) is 0.0830. The SMILES string of the molecule is C=CCO[C@@]12Oc3ccc(OC(=O)NCC)cc3[C@H]3[C@H](CCCCO)[C@@H](CCCCO)C=C(C(=NOC)C[C@@H]1N(CCC)C(=O)OCC(C)(C)C)[C@H]32. The summed E-state index contributed by atoms with van der Waals surface area (Å²) < 4.78 is 25.8. The molecule has 1 aliphatic heterocycles. The van der Waals surface area contributed by atoms with Gasteiger partial charge in [0.25, 0.3) is 0 Å². The fraction of sp³-hybridized carbons (Fsp3) is 0.675. The molecule has 1 saturated carbocycles. The van der Waals surface area contributed by atoms with Crippen molar-refractivity contribution in [3.05, 3.63) is 48.1 Å². The number of nitrogens with zero attached hydrogens (tertiary/aromatic N) is 2. The van der Waals surface area contributed by atoms with Crippen molar-refractivity contribution in [2.75, 3.05) is 46.6 Å². The van der Waals surface area contributed by atoms with Crippen LogP contribution in [0.3, 0.4) is 0 Å². The van der Waals surface area contributed by atoms with Crippen LogP contribution in [0, 0.1) is 23.2 Å². The van der Waals surface area contributed by atoms with Crippen LogP contribution < -0.4 is 14.8 Å². The van der Waals surface area contributed by atoms with Gasteiger partial charge in [-0.15, -0.1) is 6.58 Å². The Morgan fingerprint density at radius 1 is 1.13 bits per heavy atom. The first kappa shape index (κ1) is 41.2. The van der Waals surface area contributed by atoms with Crippen molar-refractivity contribution in [3.63, 3.8) is 0 Å². The number of hydrogen-bond donors (Lipinski definition) is 3. The van der Waals surface area contributed by atoms with Gasteiger partial charge in [0.1, 0.15) is 24.7 Å². The van der Waals surface area contributed by atoms with Crippen LogP contribution in [0.5, 0.6) is 11.5 Å². The number of carbonyl (C=O) groups excluding carboxylic acids is 2. The number of benzene rings is 1. The normalized spacial score (nSPS) is 25.6. The number of nitrogens with one attached hydrogen (secondary N) is 1. The minimum Gasteiger partial charge on any atom is -0.459 e. The molecule has 290 valence electrons. The van der Waals surface area contributed by atoms with E-state index in [-0.39, 0.29) is 56.0 Å². The van der Waals surface area contributed by atoms with Crippen molar-refractivity contribution in [2.24, 2.45) is 28.3 Å². The van der Waals surface area contributed by atoms with Gasteiger partial charge in [0.15, 0.2) is 0 Å². The summed E-state index contributed by atoms with van der Waals surface area (Å²) >= 11 is 0. The molecule has 52 heavy (non-hydrogen) atoms. The zero-order valence-corrected chi connectivity index (χ0v) is 32.0. The van der Waals surface area contributed by atoms with Crippen molar-refractivity contribution < 1.29 is 43.6 Å². The number of rotatable bonds is 18. The van der Waals surface area contributed by atoms with Crippen LogP contribution in [0.4, 0.5) is 9.59 Å². The molecule has 0 unspecified atom stereocenters. The lowest BCUT2D eigenvalue weighted by Crippen LogP contribution is -2.70. The molecule has 0 saturated heterocycles. The van der Waals surface area contributed by atoms with Crippen LogP contribution >= 0.6 is 0 Å². The highest BCUT2D eigenvalue weighted by Crippen LogP contribution is 2.62. The lowest BCUT2D eigenvalue weighted by atomic mass is 9.55. The number of carbonyl (C=O) groups is 2. The summed E-state index contributed by atoms with van der Waals surface area (Å²) in [5.41, 5.74) is 2.25. The van der Waals surface area contributed by atoms with E-state index in [4.69, 9.17) is 23.8 Å². The Labute approximate surface area is 309 Å². The summed E-state index contributed by atoms with van der Waals surface area (Å²) in [4.78, 5) is 34.0. The third kappa shape index (κ3) is 9.48. The second kappa shape index (κ2) is 18.9. The third-order valence-electron chi connectivity index (χ3n) is 10.1. The second-order valence-corrected chi connectivity index (χ2v) is 15.2. The zero-order chi connectivity index (χ0) is 37.9. The van der Waals surface area contributed by atoms with Crippen LogP contribution in [-0.2, 0) is 14.3 Å². The Morgan fingerprint density at radius 2 is 1.87 bits per heavy atom. The smallest absolute Gasteiger partial charge is 0.412 e. The van der Waals surface area contributed by atoms with Gasteiger partial charge in [0, 0.05) is 44.2 Å². The van der Waals surface area contributed by atoms with Crippen molar-refractivity contribution in [1.82, 2.24) is 10.2 Å². The number of aliphatic hydroxyl groups excluding tert-OH is 2. The molecular weight excluding hydrogens is 666 g/mol. The predicted octanol–water partition coefficient (Wildman–Crippen LogP) is 6.95. The lowest BCUT2D eigenvalue weighted by molar-refractivity contribution is -0.255. The minimum absolute atomic E-state index is 0.0445. The number of fused-ring (bicyclic) bond motifs is 2. The van der Waals surface area contributed by atoms with Gasteiger partial charge in [-0.25, -0.2) is 9.59 Å². The van der Waals surface area contributed by atoms with Gasteiger partial charge < -0.3 is 39.3 Å². The van der Waals surface area contributed by atoms with E-state index in [0.717, 1.165) is 36.8 Å². The molecule has 4 rings (SSSR count). The molecule has 12 heteroatoms. The molecule has 3 N–H and O–H groups in total. The van der Waals surface area contributed by atoms with Gasteiger partial charge >= 0.3 is 12.2 Å². The Kier molecular flexibility index (Phi) is 15.0. The van der Waals surface area contributed by atoms with Crippen molar-refractivity contribution in [1.29, 1.82) is 0 Å². The molecule has 0 bridgehead atoms. The number of hydrogen-bond acceptors (Lipinski definition) is 10. The van der Waals surface area contributed by atoms with E-state index in [9.17, 15) is 19.8 Å². The molecule has 12 nitrogen and oxygen atoms in total. The van der Waals surface area contributed by atoms with Crippen molar-refractivity contribution >= 4 is 17.9 Å². The number of ether oxygens (including phenoxy) is 4. The summed E-state index contributed by atoms with van der Waals surface area (Å²) in [5, 5.41) is 26.8. The lowest BCUT2D eigenvalue weighted by Gasteiger charge is -2.59. The first-order valence-corrected chi connectivity index (χ1v) is 19.0. The second-order valence-electron chi connectivity index (χ2n) is 15.2. The number of unbranched alkanes of at least 4 members (excludes halogenated alkanes) is 2. The molecular formula is C40H61N3O9. The first-order valence-electron chi connectivity index (χ1n) is 19.0. The molecule has 2 amide bonds. The molecule has 0 spiro atoms. The Balaban J connectivity index is 2.01. The highest BCUT2D eigenvalue weighted by molar-refractivity contribution is 6.03. The molecule has 1 fully saturated rings. The number of aliphatic hydroxyl groups is 2. The minimum atomic E-state index is -1.38. The average molecular weight is 728 g/mol. The highest BCUT2D eigenvalue weighted by atomic mass is 16.7. The molecule has 2 aliphatic carbocycles. The van der Waals surface area contributed by atoms with E-state index in [1.807, 2.05) is 46.8 Å². The summed E-state index contributed by atoms with van der Waals surface area (Å²) in [6.07, 6.45) is 8.48. The maximum absolute atomic E-state index is 14.2. The van der Waals surface area contributed by atoms with E-state index < -0.39 is 29.9 Å². The standard InChI is InChI=1S/C40H61N3O9/c1-8-19-43(38(47)49-26-39(4,5)6)34-25-32(42-48-7)30-23-27(15-11-13-20-44)29(16-12-14-21-45)35-31-24-28(51-37(46)41-10-3)17-18-33(31)52-40(34,36(30)35)50-22-9-2/h9,17-18,23-24,27,29,34-36,44-45H,2,8,10-16,19-22,25-26H2,1,3-7H3,(H,41,46)/t27-,29+,34-,35+,36+,40+/m0/s1. The topological polar surface area (TPSA) is 148 Å². The number of amides is 2. The molecule has 6 atom stereocenters. The summed E-state index contributed by atoms with van der Waals surface area (Å²) in [6.45, 7) is 15.3. The highest BCUT2D eigenvalue weighted by Gasteiger charge is 2.65. The zero-order valence-electron chi connectivity index (χ0n) is 32.0. The average Bonchev–Trinajstić information content (AvgIpc) is 3.10. The Hall–Kier alpha value is -3.61. The largest absolute Gasteiger partial charge is 0.459 e. The van der Waals surface area contributed by atoms with E-state index >= 15 is 0 Å². The van der Waals surface area contributed by atoms with Crippen molar-refractivity contribution in [3.8, 4) is 11.5 Å². The van der Waals surface area contributed by atoms with Crippen LogP contribution in [-0.4, -0.2) is 91.5 Å². The summed E-state index contributed by atoms with van der Waals surface area (Å²) in [6, 6.07) is 4.76. The van der Waals surface area contributed by atoms with E-state index in [1.54, 1.807) is 17.0 Å². The van der Waals surface area contributed by atoms with Crippen LogP contribution in [0.15, 0.2) is 47.7 Å². The molecule has 0 radical (unpaired) electrons. The van der Waals surface area contributed by atoms with Gasteiger partial charge in [-0.05, 0) is 80.1 Å². The first-order chi connectivity index (χ1) is 25.0. The third-order valence-corrected chi connectivity index (χ3v) is 10.1. The number of oxime groups is 1. The Bertz CT molecular complexity index is 1420. The molecule has 1 aromatic rings. The van der Waals surface area contributed by atoms with Gasteiger partial charge in [-0.2, -0.15) is 0 Å². The van der Waals surface area contributed by atoms with Gasteiger partial charge in [0.05, 0.1) is 24.8 Å². The maximum atomic E-state index is 14.2. The van der Waals surface area contributed by atoms with Crippen LogP contribution in [0.1, 0.15) is 97.5 Å². The molecule has 1 heterocycles. The Morgan fingerprint density at radius 3 is 2.50 bits per heavy atom. The van der Waals surface area contributed by atoms with E-state index in [1.165, 1.54) is 7.11 Å². The van der Waals surface area contributed by atoms with Gasteiger partial charge in [0.2, 0.25) is 5.79 Å². The molecule has 3 aliphatic rings. The van der Waals surface area contributed by atoms with Crippen LogP contribution in [0.2, 0.25) is 0 Å².